The normalized spacial score (nSPS) is 13.4. The van der Waals surface area contributed by atoms with Crippen LogP contribution in [0.4, 0.5) is 0 Å². The molecule has 2 atom stereocenters. The van der Waals surface area contributed by atoms with Gasteiger partial charge in [0.05, 0.1) is 34.4 Å². The second-order valence-electron chi connectivity index (χ2n) is 16.7. The van der Waals surface area contributed by atoms with Crippen LogP contribution in [0.2, 0.25) is 0 Å². The molecule has 0 aliphatic rings. The van der Waals surface area contributed by atoms with Crippen molar-refractivity contribution in [2.45, 2.75) is 206 Å². The zero-order valence-electron chi connectivity index (χ0n) is 37.5. The summed E-state index contributed by atoms with van der Waals surface area (Å²) in [6, 6.07) is -0.624. The number of carboxylic acid groups (broad SMARTS) is 1. The molecule has 0 aromatic rings. The van der Waals surface area contributed by atoms with Gasteiger partial charge in [-0.25, -0.2) is 4.79 Å². The summed E-state index contributed by atoms with van der Waals surface area (Å²) in [7, 11) is 5.51. The Hall–Kier alpha value is -2.71. The van der Waals surface area contributed by atoms with Crippen LogP contribution >= 0.6 is 0 Å². The summed E-state index contributed by atoms with van der Waals surface area (Å²) in [6.07, 6.45) is 47.3. The van der Waals surface area contributed by atoms with Gasteiger partial charge >= 0.3 is 17.9 Å². The first-order valence-corrected chi connectivity index (χ1v) is 23.2. The van der Waals surface area contributed by atoms with E-state index in [1.165, 1.54) is 103 Å². The van der Waals surface area contributed by atoms with Crippen LogP contribution in [0.1, 0.15) is 194 Å². The number of aliphatic carboxylic acids is 1. The van der Waals surface area contributed by atoms with Gasteiger partial charge < -0.3 is 23.8 Å². The zero-order chi connectivity index (χ0) is 42.1. The maximum Gasteiger partial charge on any atom is 0.362 e. The molecule has 8 nitrogen and oxygen atoms in total. The van der Waals surface area contributed by atoms with Crippen molar-refractivity contribution in [3.63, 3.8) is 0 Å². The number of likely N-dealkylation sites (N-methyl/N-ethyl adjacent to an activating group) is 1. The lowest BCUT2D eigenvalue weighted by Gasteiger charge is -2.31. The molecule has 57 heavy (non-hydrogen) atoms. The van der Waals surface area contributed by atoms with E-state index < -0.39 is 18.1 Å². The molecule has 0 saturated carbocycles. The van der Waals surface area contributed by atoms with Crippen LogP contribution in [0, 0.1) is 0 Å². The number of carbonyl (C=O) groups is 3. The molecule has 0 saturated heterocycles. The van der Waals surface area contributed by atoms with Gasteiger partial charge in [-0.05, 0) is 70.6 Å². The van der Waals surface area contributed by atoms with E-state index in [2.05, 4.69) is 62.5 Å². The third-order valence-corrected chi connectivity index (χ3v) is 10.2. The predicted octanol–water partition coefficient (Wildman–Crippen LogP) is 12.8. The standard InChI is InChI=1S/C49H87NO7/c1-6-8-10-12-14-16-18-20-22-24-26-27-29-31-33-35-37-39-47(51)56-44-45(43-55-42-41-46(49(53)54)50(3,4)5)57-48(52)40-38-36-34-32-30-28-25-23-21-19-17-15-13-11-9-7-2/h20,22-23,25-27,31,33,45-46H,6-19,21,24,28-30,32,34-44H2,1-5H3/p+1/b22-20+,25-23+,27-26+,33-31+. The average molecular weight is 803 g/mol. The van der Waals surface area contributed by atoms with E-state index in [1.54, 1.807) is 0 Å². The summed E-state index contributed by atoms with van der Waals surface area (Å²) >= 11 is 0. The summed E-state index contributed by atoms with van der Waals surface area (Å²) in [5, 5.41) is 9.62. The summed E-state index contributed by atoms with van der Waals surface area (Å²) in [5.74, 6) is -1.54. The fraction of sp³-hybridized carbons (Fsp3) is 0.776. The van der Waals surface area contributed by atoms with Crippen LogP contribution in [0.25, 0.3) is 0 Å². The van der Waals surface area contributed by atoms with Crippen LogP contribution in [0.15, 0.2) is 48.6 Å². The molecule has 0 radical (unpaired) electrons. The van der Waals surface area contributed by atoms with Crippen molar-refractivity contribution in [2.75, 3.05) is 41.0 Å². The van der Waals surface area contributed by atoms with Crippen molar-refractivity contribution in [3.05, 3.63) is 48.6 Å². The number of carboxylic acids is 1. The van der Waals surface area contributed by atoms with Crippen molar-refractivity contribution >= 4 is 17.9 Å². The first-order valence-electron chi connectivity index (χ1n) is 23.2. The van der Waals surface area contributed by atoms with E-state index in [0.717, 1.165) is 51.4 Å². The molecule has 330 valence electrons. The number of hydrogen-bond acceptors (Lipinski definition) is 6. The molecule has 0 heterocycles. The second kappa shape index (κ2) is 40.1. The summed E-state index contributed by atoms with van der Waals surface area (Å²) < 4.78 is 17.2. The first-order chi connectivity index (χ1) is 27.6. The minimum absolute atomic E-state index is 0.0418. The lowest BCUT2D eigenvalue weighted by Crippen LogP contribution is -2.50. The van der Waals surface area contributed by atoms with Crippen molar-refractivity contribution in [1.82, 2.24) is 0 Å². The lowest BCUT2D eigenvalue weighted by molar-refractivity contribution is -0.887. The van der Waals surface area contributed by atoms with Crippen LogP contribution in [-0.2, 0) is 28.6 Å². The molecule has 0 rings (SSSR count). The Labute approximate surface area is 350 Å². The number of quaternary nitrogens is 1. The molecular weight excluding hydrogens is 715 g/mol. The highest BCUT2D eigenvalue weighted by molar-refractivity contribution is 5.72. The van der Waals surface area contributed by atoms with Crippen molar-refractivity contribution < 1.29 is 38.2 Å². The molecule has 0 bridgehead atoms. The Kier molecular flexibility index (Phi) is 38.2. The number of nitrogens with zero attached hydrogens (tertiary/aromatic N) is 1. The summed E-state index contributed by atoms with van der Waals surface area (Å²) in [5.41, 5.74) is 0. The number of hydrogen-bond donors (Lipinski definition) is 1. The Balaban J connectivity index is 4.42. The number of allylic oxidation sites excluding steroid dienone is 8. The molecule has 8 heteroatoms. The largest absolute Gasteiger partial charge is 0.477 e. The van der Waals surface area contributed by atoms with Gasteiger partial charge in [0.2, 0.25) is 0 Å². The molecule has 0 aromatic heterocycles. The number of carbonyl (C=O) groups excluding carboxylic acids is 2. The number of ether oxygens (including phenoxy) is 3. The fourth-order valence-corrected chi connectivity index (χ4v) is 6.57. The van der Waals surface area contributed by atoms with E-state index in [4.69, 9.17) is 14.2 Å². The Morgan fingerprint density at radius 3 is 1.44 bits per heavy atom. The summed E-state index contributed by atoms with van der Waals surface area (Å²) in [4.78, 5) is 37.0. The second-order valence-corrected chi connectivity index (χ2v) is 16.7. The zero-order valence-corrected chi connectivity index (χ0v) is 37.5. The molecular formula is C49H88NO7+. The van der Waals surface area contributed by atoms with E-state index in [-0.39, 0.29) is 42.7 Å². The Morgan fingerprint density at radius 1 is 0.526 bits per heavy atom. The van der Waals surface area contributed by atoms with Crippen LogP contribution in [-0.4, -0.2) is 80.6 Å². The van der Waals surface area contributed by atoms with Crippen LogP contribution < -0.4 is 0 Å². The quantitative estimate of drug-likeness (QED) is 0.0284. The van der Waals surface area contributed by atoms with Crippen molar-refractivity contribution in [3.8, 4) is 0 Å². The van der Waals surface area contributed by atoms with Crippen LogP contribution in [0.5, 0.6) is 0 Å². The van der Waals surface area contributed by atoms with Gasteiger partial charge in [0.1, 0.15) is 6.61 Å². The van der Waals surface area contributed by atoms with Gasteiger partial charge in [-0.3, -0.25) is 9.59 Å². The highest BCUT2D eigenvalue weighted by Crippen LogP contribution is 2.13. The molecule has 2 unspecified atom stereocenters. The van der Waals surface area contributed by atoms with Gasteiger partial charge in [-0.1, -0.05) is 152 Å². The van der Waals surface area contributed by atoms with E-state index in [9.17, 15) is 19.5 Å². The van der Waals surface area contributed by atoms with E-state index in [0.29, 0.717) is 19.3 Å². The molecule has 0 aliphatic carbocycles. The van der Waals surface area contributed by atoms with Crippen molar-refractivity contribution in [1.29, 1.82) is 0 Å². The number of rotatable bonds is 41. The van der Waals surface area contributed by atoms with E-state index >= 15 is 0 Å². The fourth-order valence-electron chi connectivity index (χ4n) is 6.57. The molecule has 1 N–H and O–H groups in total. The maximum absolute atomic E-state index is 12.7. The first kappa shape index (κ1) is 54.3. The van der Waals surface area contributed by atoms with Gasteiger partial charge in [0, 0.05) is 19.3 Å². The summed E-state index contributed by atoms with van der Waals surface area (Å²) in [6.45, 7) is 4.67. The molecule has 0 aliphatic heterocycles. The highest BCUT2D eigenvalue weighted by atomic mass is 16.6. The topological polar surface area (TPSA) is 99.1 Å². The van der Waals surface area contributed by atoms with Crippen LogP contribution in [0.3, 0.4) is 0 Å². The third-order valence-electron chi connectivity index (χ3n) is 10.2. The highest BCUT2D eigenvalue weighted by Gasteiger charge is 2.31. The molecule has 0 fully saturated rings. The van der Waals surface area contributed by atoms with Gasteiger partial charge in [-0.2, -0.15) is 0 Å². The number of esters is 2. The Morgan fingerprint density at radius 2 is 0.947 bits per heavy atom. The van der Waals surface area contributed by atoms with Gasteiger partial charge in [0.25, 0.3) is 0 Å². The minimum atomic E-state index is -0.883. The number of unbranched alkanes of at least 4 members (excludes halogenated alkanes) is 19. The van der Waals surface area contributed by atoms with E-state index in [1.807, 2.05) is 21.1 Å². The predicted molar refractivity (Wildman–Crippen MR) is 238 cm³/mol. The SMILES string of the molecule is CCCCCCCC/C=C/C/C=C/C/C=C/CCCC(=O)OCC(COCCC(C(=O)O)[N+](C)(C)C)OC(=O)CCCCCCC/C=C/CCCCCCCCC. The molecule has 0 spiro atoms. The van der Waals surface area contributed by atoms with Crippen molar-refractivity contribution in [2.24, 2.45) is 0 Å². The van der Waals surface area contributed by atoms with Gasteiger partial charge in [-0.15, -0.1) is 0 Å². The lowest BCUT2D eigenvalue weighted by atomic mass is 10.1. The monoisotopic (exact) mass is 803 g/mol. The molecule has 0 amide bonds. The van der Waals surface area contributed by atoms with Gasteiger partial charge in [0.15, 0.2) is 12.1 Å². The molecule has 0 aromatic carbocycles. The third kappa shape index (κ3) is 38.6. The maximum atomic E-state index is 12.7. The Bertz CT molecular complexity index is 1070. The smallest absolute Gasteiger partial charge is 0.362 e. The average Bonchev–Trinajstić information content (AvgIpc) is 3.17. The minimum Gasteiger partial charge on any atom is -0.477 e.